The third-order valence-electron chi connectivity index (χ3n) is 5.63. The summed E-state index contributed by atoms with van der Waals surface area (Å²) in [7, 11) is 1.48. The Morgan fingerprint density at radius 3 is 2.28 bits per heavy atom. The monoisotopic (exact) mass is 453 g/mol. The van der Waals surface area contributed by atoms with Gasteiger partial charge in [-0.1, -0.05) is 60.1 Å². The van der Waals surface area contributed by atoms with Crippen molar-refractivity contribution in [3.63, 3.8) is 0 Å². The topological polar surface area (TPSA) is 88.0 Å². The van der Waals surface area contributed by atoms with Crippen LogP contribution in [0.15, 0.2) is 66.7 Å². The van der Waals surface area contributed by atoms with Crippen LogP contribution in [0.25, 0.3) is 11.1 Å². The van der Waals surface area contributed by atoms with Crippen molar-refractivity contribution in [2.45, 2.75) is 18.1 Å². The summed E-state index contributed by atoms with van der Waals surface area (Å²) in [4.78, 5) is 12.3. The van der Waals surface area contributed by atoms with E-state index in [1.165, 1.54) is 13.2 Å². The summed E-state index contributed by atoms with van der Waals surface area (Å²) in [5, 5.41) is 23.6. The molecule has 0 radical (unpaired) electrons. The van der Waals surface area contributed by atoms with Gasteiger partial charge < -0.3 is 25.0 Å². The number of hydrogen-bond donors (Lipinski definition) is 3. The molecule has 3 N–H and O–H groups in total. The molecule has 0 aliphatic heterocycles. The first-order valence-corrected chi connectivity index (χ1v) is 10.6. The summed E-state index contributed by atoms with van der Waals surface area (Å²) in [6, 6.07) is 20.9. The average molecular weight is 454 g/mol. The molecule has 1 amide bonds. The zero-order valence-electron chi connectivity index (χ0n) is 17.5. The SMILES string of the molecule is COc1cc(Cl)cc(C(O)C(O)CNC(=O)OCC2c3ccccc3-c3ccccc32)c1. The zero-order valence-corrected chi connectivity index (χ0v) is 18.3. The fourth-order valence-electron chi connectivity index (χ4n) is 4.04. The van der Waals surface area contributed by atoms with Crippen LogP contribution < -0.4 is 10.1 Å². The lowest BCUT2D eigenvalue weighted by atomic mass is 9.98. The van der Waals surface area contributed by atoms with Crippen LogP contribution in [0.4, 0.5) is 4.79 Å². The van der Waals surface area contributed by atoms with Gasteiger partial charge in [0.1, 0.15) is 24.6 Å². The van der Waals surface area contributed by atoms with Crippen LogP contribution in [0.2, 0.25) is 5.02 Å². The number of ether oxygens (including phenoxy) is 2. The first-order chi connectivity index (χ1) is 15.5. The van der Waals surface area contributed by atoms with E-state index in [1.807, 2.05) is 36.4 Å². The lowest BCUT2D eigenvalue weighted by Gasteiger charge is -2.20. The first-order valence-electron chi connectivity index (χ1n) is 10.3. The van der Waals surface area contributed by atoms with Crippen molar-refractivity contribution in [1.82, 2.24) is 5.32 Å². The van der Waals surface area contributed by atoms with Gasteiger partial charge in [-0.05, 0) is 46.0 Å². The second kappa shape index (κ2) is 9.61. The minimum Gasteiger partial charge on any atom is -0.497 e. The Morgan fingerprint density at radius 2 is 1.66 bits per heavy atom. The smallest absolute Gasteiger partial charge is 0.407 e. The predicted octanol–water partition coefficient (Wildman–Crippen LogP) is 4.28. The first kappa shape index (κ1) is 22.1. The summed E-state index contributed by atoms with van der Waals surface area (Å²) in [6.45, 7) is -0.0172. The Balaban J connectivity index is 1.34. The maximum atomic E-state index is 12.3. The summed E-state index contributed by atoms with van der Waals surface area (Å²) in [6.07, 6.45) is -3.17. The molecule has 0 spiro atoms. The van der Waals surface area contributed by atoms with Gasteiger partial charge in [0.2, 0.25) is 0 Å². The van der Waals surface area contributed by atoms with E-state index in [4.69, 9.17) is 21.1 Å². The van der Waals surface area contributed by atoms with Crippen molar-refractivity contribution < 1.29 is 24.5 Å². The van der Waals surface area contributed by atoms with E-state index in [1.54, 1.807) is 12.1 Å². The van der Waals surface area contributed by atoms with Gasteiger partial charge >= 0.3 is 6.09 Å². The normalized spacial score (nSPS) is 14.2. The van der Waals surface area contributed by atoms with Crippen molar-refractivity contribution in [3.05, 3.63) is 88.4 Å². The standard InChI is InChI=1S/C25H24ClNO5/c1-31-17-11-15(10-16(26)12-17)24(29)23(28)13-27-25(30)32-14-22-20-8-4-2-6-18(20)19-7-3-5-9-21(19)22/h2-12,22-24,28-29H,13-14H2,1H3,(H,27,30). The molecule has 166 valence electrons. The highest BCUT2D eigenvalue weighted by Crippen LogP contribution is 2.44. The van der Waals surface area contributed by atoms with E-state index >= 15 is 0 Å². The quantitative estimate of drug-likeness (QED) is 0.497. The second-order valence-corrected chi connectivity index (χ2v) is 8.08. The van der Waals surface area contributed by atoms with Crippen molar-refractivity contribution in [2.75, 3.05) is 20.3 Å². The molecule has 1 aliphatic carbocycles. The van der Waals surface area contributed by atoms with E-state index in [-0.39, 0.29) is 19.1 Å². The average Bonchev–Trinajstić information content (AvgIpc) is 3.14. The van der Waals surface area contributed by atoms with Crippen molar-refractivity contribution in [1.29, 1.82) is 0 Å². The van der Waals surface area contributed by atoms with Gasteiger partial charge in [-0.3, -0.25) is 0 Å². The van der Waals surface area contributed by atoms with E-state index in [9.17, 15) is 15.0 Å². The number of aliphatic hydroxyl groups excluding tert-OH is 2. The molecule has 3 aromatic carbocycles. The molecule has 0 saturated carbocycles. The van der Waals surface area contributed by atoms with Crippen LogP contribution in [-0.2, 0) is 4.74 Å². The molecule has 0 heterocycles. The molecule has 2 unspecified atom stereocenters. The largest absolute Gasteiger partial charge is 0.497 e. The molecule has 32 heavy (non-hydrogen) atoms. The van der Waals surface area contributed by atoms with E-state index < -0.39 is 18.3 Å². The van der Waals surface area contributed by atoms with Gasteiger partial charge in [-0.25, -0.2) is 4.79 Å². The maximum absolute atomic E-state index is 12.3. The number of methoxy groups -OCH3 is 1. The van der Waals surface area contributed by atoms with Crippen molar-refractivity contribution in [2.24, 2.45) is 0 Å². The lowest BCUT2D eigenvalue weighted by molar-refractivity contribution is 0.0184. The van der Waals surface area contributed by atoms with Crippen LogP contribution in [0.1, 0.15) is 28.7 Å². The summed E-state index contributed by atoms with van der Waals surface area (Å²) in [5.74, 6) is 0.408. The fraction of sp³-hybridized carbons (Fsp3) is 0.240. The molecule has 6 nitrogen and oxygen atoms in total. The lowest BCUT2D eigenvalue weighted by Crippen LogP contribution is -2.36. The molecule has 0 bridgehead atoms. The van der Waals surface area contributed by atoms with Gasteiger partial charge in [0.15, 0.2) is 0 Å². The fourth-order valence-corrected chi connectivity index (χ4v) is 4.28. The van der Waals surface area contributed by atoms with Crippen LogP contribution in [0.3, 0.4) is 0 Å². The third-order valence-corrected chi connectivity index (χ3v) is 5.85. The van der Waals surface area contributed by atoms with Crippen LogP contribution >= 0.6 is 11.6 Å². The Labute approximate surface area is 191 Å². The highest BCUT2D eigenvalue weighted by Gasteiger charge is 2.29. The molecular weight excluding hydrogens is 430 g/mol. The molecule has 0 saturated heterocycles. The molecule has 3 aromatic rings. The Kier molecular flexibility index (Phi) is 6.65. The van der Waals surface area contributed by atoms with Gasteiger partial charge in [0.05, 0.1) is 7.11 Å². The molecule has 0 fully saturated rings. The van der Waals surface area contributed by atoms with Crippen LogP contribution in [0.5, 0.6) is 5.75 Å². The van der Waals surface area contributed by atoms with Gasteiger partial charge in [0, 0.05) is 17.5 Å². The third kappa shape index (κ3) is 4.58. The van der Waals surface area contributed by atoms with E-state index in [0.29, 0.717) is 16.3 Å². The minimum atomic E-state index is -1.25. The number of carbonyl (C=O) groups excluding carboxylic acids is 1. The number of halogens is 1. The summed E-state index contributed by atoms with van der Waals surface area (Å²) >= 11 is 6.02. The van der Waals surface area contributed by atoms with E-state index in [2.05, 4.69) is 17.4 Å². The van der Waals surface area contributed by atoms with Crippen molar-refractivity contribution >= 4 is 17.7 Å². The minimum absolute atomic E-state index is 0.0532. The highest BCUT2D eigenvalue weighted by molar-refractivity contribution is 6.30. The number of rotatable bonds is 7. The molecule has 4 rings (SSSR count). The molecule has 2 atom stereocenters. The Hall–Kier alpha value is -3.06. The second-order valence-electron chi connectivity index (χ2n) is 7.64. The number of nitrogens with one attached hydrogen (secondary N) is 1. The predicted molar refractivity (Wildman–Crippen MR) is 122 cm³/mol. The number of carbonyl (C=O) groups is 1. The number of aliphatic hydroxyl groups is 2. The number of benzene rings is 3. The van der Waals surface area contributed by atoms with Crippen LogP contribution in [-0.4, -0.2) is 42.7 Å². The maximum Gasteiger partial charge on any atom is 0.407 e. The summed E-state index contributed by atoms with van der Waals surface area (Å²) in [5.41, 5.74) is 4.91. The number of alkyl carbamates (subject to hydrolysis) is 1. The van der Waals surface area contributed by atoms with Gasteiger partial charge in [-0.2, -0.15) is 0 Å². The highest BCUT2D eigenvalue weighted by atomic mass is 35.5. The Morgan fingerprint density at radius 1 is 1.03 bits per heavy atom. The summed E-state index contributed by atoms with van der Waals surface area (Å²) < 4.78 is 10.6. The molecular formula is C25H24ClNO5. The number of amides is 1. The van der Waals surface area contributed by atoms with Gasteiger partial charge in [0.25, 0.3) is 0 Å². The van der Waals surface area contributed by atoms with Gasteiger partial charge in [-0.15, -0.1) is 0 Å². The molecule has 1 aliphatic rings. The van der Waals surface area contributed by atoms with Crippen LogP contribution in [0, 0.1) is 0 Å². The number of hydrogen-bond acceptors (Lipinski definition) is 5. The Bertz CT molecular complexity index is 1070. The molecule has 0 aromatic heterocycles. The van der Waals surface area contributed by atoms with Crippen molar-refractivity contribution in [3.8, 4) is 16.9 Å². The zero-order chi connectivity index (χ0) is 22.7. The number of fused-ring (bicyclic) bond motifs is 3. The molecule has 7 heteroatoms. The van der Waals surface area contributed by atoms with E-state index in [0.717, 1.165) is 22.3 Å².